The highest BCUT2D eigenvalue weighted by Gasteiger charge is 2.26. The van der Waals surface area contributed by atoms with Crippen molar-refractivity contribution in [1.29, 1.82) is 0 Å². The van der Waals surface area contributed by atoms with Gasteiger partial charge in [-0.3, -0.25) is 14.6 Å². The number of piperidine rings is 1. The number of piperazine rings is 1. The Bertz CT molecular complexity index is 779. The summed E-state index contributed by atoms with van der Waals surface area (Å²) >= 11 is 0. The van der Waals surface area contributed by atoms with Crippen molar-refractivity contribution in [3.8, 4) is 0 Å². The van der Waals surface area contributed by atoms with Crippen LogP contribution in [0.3, 0.4) is 0 Å². The van der Waals surface area contributed by atoms with E-state index in [0.29, 0.717) is 0 Å². The monoisotopic (exact) mass is 408 g/mol. The maximum absolute atomic E-state index is 12.7. The van der Waals surface area contributed by atoms with Crippen LogP contribution in [0.1, 0.15) is 18.4 Å². The summed E-state index contributed by atoms with van der Waals surface area (Å²) in [6.07, 6.45) is 5.66. The summed E-state index contributed by atoms with van der Waals surface area (Å²) in [5.74, 6) is 1.13. The Hall–Kier alpha value is -2.51. The predicted octanol–water partition coefficient (Wildman–Crippen LogP) is 1.63. The van der Waals surface area contributed by atoms with E-state index in [-0.39, 0.29) is 11.8 Å². The van der Waals surface area contributed by atoms with Gasteiger partial charge in [-0.15, -0.1) is 0 Å². The average molecular weight is 409 g/mol. The fraction of sp³-hybridized carbons (Fsp3) is 0.522. The third kappa shape index (κ3) is 5.77. The number of benzene rings is 1. The Morgan fingerprint density at radius 1 is 0.967 bits per heavy atom. The van der Waals surface area contributed by atoms with Crippen LogP contribution in [-0.2, 0) is 11.3 Å². The molecule has 4 rings (SSSR count). The molecule has 1 aromatic carbocycles. The minimum absolute atomic E-state index is 0.106. The molecule has 0 bridgehead atoms. The lowest BCUT2D eigenvalue weighted by molar-refractivity contribution is -0.126. The van der Waals surface area contributed by atoms with Crippen LogP contribution < -0.4 is 10.2 Å². The molecule has 7 heteroatoms. The highest BCUT2D eigenvalue weighted by atomic mass is 16.1. The largest absolute Gasteiger partial charge is 0.355 e. The molecule has 0 aliphatic carbocycles. The first-order valence-electron chi connectivity index (χ1n) is 11.1. The molecule has 1 amide bonds. The van der Waals surface area contributed by atoms with Gasteiger partial charge in [0.15, 0.2) is 0 Å². The second-order valence-corrected chi connectivity index (χ2v) is 8.23. The first-order chi connectivity index (χ1) is 14.8. The molecule has 2 fully saturated rings. The van der Waals surface area contributed by atoms with E-state index in [4.69, 9.17) is 0 Å². The molecule has 0 radical (unpaired) electrons. The Labute approximate surface area is 179 Å². The number of aromatic nitrogens is 2. The number of carbonyl (C=O) groups is 1. The molecular formula is C23H32N6O. The van der Waals surface area contributed by atoms with Crippen LogP contribution in [-0.4, -0.2) is 78.0 Å². The van der Waals surface area contributed by atoms with Crippen molar-refractivity contribution >= 4 is 11.9 Å². The zero-order valence-corrected chi connectivity index (χ0v) is 17.6. The highest BCUT2D eigenvalue weighted by Crippen LogP contribution is 2.19. The van der Waals surface area contributed by atoms with Crippen molar-refractivity contribution in [3.05, 3.63) is 54.4 Å². The molecule has 1 N–H and O–H groups in total. The number of nitrogens with one attached hydrogen (secondary N) is 1. The fourth-order valence-corrected chi connectivity index (χ4v) is 4.36. The van der Waals surface area contributed by atoms with Gasteiger partial charge in [-0.05, 0) is 31.0 Å². The molecule has 1 unspecified atom stereocenters. The topological polar surface area (TPSA) is 64.6 Å². The minimum atomic E-state index is 0.106. The van der Waals surface area contributed by atoms with E-state index < -0.39 is 0 Å². The number of nitrogens with zero attached hydrogens (tertiary/aromatic N) is 5. The molecule has 2 saturated heterocycles. The van der Waals surface area contributed by atoms with Crippen molar-refractivity contribution in [2.45, 2.75) is 19.4 Å². The van der Waals surface area contributed by atoms with Gasteiger partial charge in [0.05, 0.1) is 5.92 Å². The maximum atomic E-state index is 12.7. The first kappa shape index (κ1) is 20.8. The molecule has 2 aliphatic heterocycles. The van der Waals surface area contributed by atoms with E-state index in [1.807, 2.05) is 12.1 Å². The number of likely N-dealkylation sites (tertiary alicyclic amines) is 1. The lowest BCUT2D eigenvalue weighted by Gasteiger charge is -2.35. The Balaban J connectivity index is 1.15. The van der Waals surface area contributed by atoms with E-state index in [1.165, 1.54) is 5.56 Å². The van der Waals surface area contributed by atoms with Gasteiger partial charge >= 0.3 is 0 Å². The van der Waals surface area contributed by atoms with Crippen molar-refractivity contribution in [2.24, 2.45) is 5.92 Å². The molecule has 7 nitrogen and oxygen atoms in total. The number of hydrogen-bond donors (Lipinski definition) is 1. The fourth-order valence-electron chi connectivity index (χ4n) is 4.36. The predicted molar refractivity (Wildman–Crippen MR) is 118 cm³/mol. The van der Waals surface area contributed by atoms with Gasteiger partial charge in [-0.2, -0.15) is 0 Å². The number of rotatable bonds is 7. The molecule has 2 aliphatic rings. The van der Waals surface area contributed by atoms with Gasteiger partial charge in [0.25, 0.3) is 0 Å². The van der Waals surface area contributed by atoms with Gasteiger partial charge < -0.3 is 10.2 Å². The van der Waals surface area contributed by atoms with Crippen LogP contribution in [0, 0.1) is 5.92 Å². The van der Waals surface area contributed by atoms with Crippen LogP contribution in [0.2, 0.25) is 0 Å². The number of amides is 1. The second kappa shape index (κ2) is 10.5. The number of carbonyl (C=O) groups excluding carboxylic acids is 1. The van der Waals surface area contributed by atoms with Gasteiger partial charge in [0.1, 0.15) is 0 Å². The molecule has 1 aromatic heterocycles. The van der Waals surface area contributed by atoms with Crippen LogP contribution in [0.5, 0.6) is 0 Å². The molecule has 0 spiro atoms. The second-order valence-electron chi connectivity index (χ2n) is 8.23. The summed E-state index contributed by atoms with van der Waals surface area (Å²) in [5, 5.41) is 3.18. The van der Waals surface area contributed by atoms with Gasteiger partial charge in [-0.25, -0.2) is 9.97 Å². The van der Waals surface area contributed by atoms with Gasteiger partial charge in [0, 0.05) is 64.8 Å². The van der Waals surface area contributed by atoms with Crippen LogP contribution in [0.4, 0.5) is 5.95 Å². The molecule has 30 heavy (non-hydrogen) atoms. The summed E-state index contributed by atoms with van der Waals surface area (Å²) in [5.41, 5.74) is 1.32. The molecule has 2 aromatic rings. The number of hydrogen-bond acceptors (Lipinski definition) is 6. The summed E-state index contributed by atoms with van der Waals surface area (Å²) in [4.78, 5) is 28.4. The first-order valence-corrected chi connectivity index (χ1v) is 11.1. The van der Waals surface area contributed by atoms with Crippen LogP contribution in [0.25, 0.3) is 0 Å². The van der Waals surface area contributed by atoms with Crippen LogP contribution in [0.15, 0.2) is 48.8 Å². The standard InChI is InChI=1S/C23H32N6O/c30-22(21-8-4-12-28(19-21)18-20-6-2-1-3-7-20)24-11-13-27-14-16-29(17-15-27)23-25-9-5-10-26-23/h1-3,5-7,9-10,21H,4,8,11-19H2,(H,24,30). The number of anilines is 1. The van der Waals surface area contributed by atoms with Gasteiger partial charge in [-0.1, -0.05) is 30.3 Å². The van der Waals surface area contributed by atoms with Crippen LogP contribution >= 0.6 is 0 Å². The molecule has 160 valence electrons. The highest BCUT2D eigenvalue weighted by molar-refractivity contribution is 5.78. The summed E-state index contributed by atoms with van der Waals surface area (Å²) < 4.78 is 0. The van der Waals surface area contributed by atoms with Crippen molar-refractivity contribution in [3.63, 3.8) is 0 Å². The van der Waals surface area contributed by atoms with E-state index in [2.05, 4.69) is 54.2 Å². The van der Waals surface area contributed by atoms with Gasteiger partial charge in [0.2, 0.25) is 11.9 Å². The molecule has 1 atom stereocenters. The zero-order chi connectivity index (χ0) is 20.6. The molecule has 3 heterocycles. The van der Waals surface area contributed by atoms with E-state index in [1.54, 1.807) is 12.4 Å². The third-order valence-corrected chi connectivity index (χ3v) is 6.06. The Kier molecular flexibility index (Phi) is 7.26. The maximum Gasteiger partial charge on any atom is 0.225 e. The van der Waals surface area contributed by atoms with E-state index in [9.17, 15) is 4.79 Å². The smallest absolute Gasteiger partial charge is 0.225 e. The lowest BCUT2D eigenvalue weighted by Crippen LogP contribution is -2.49. The minimum Gasteiger partial charge on any atom is -0.355 e. The SMILES string of the molecule is O=C(NCCN1CCN(c2ncccn2)CC1)C1CCCN(Cc2ccccc2)C1. The third-order valence-electron chi connectivity index (χ3n) is 6.06. The van der Waals surface area contributed by atoms with E-state index >= 15 is 0 Å². The van der Waals surface area contributed by atoms with Crippen molar-refractivity contribution < 1.29 is 4.79 Å². The molecular weight excluding hydrogens is 376 g/mol. The average Bonchev–Trinajstić information content (AvgIpc) is 2.81. The normalized spacial score (nSPS) is 20.8. The Morgan fingerprint density at radius 2 is 1.73 bits per heavy atom. The summed E-state index contributed by atoms with van der Waals surface area (Å²) in [7, 11) is 0. The van der Waals surface area contributed by atoms with E-state index in [0.717, 1.165) is 77.7 Å². The molecule has 0 saturated carbocycles. The summed E-state index contributed by atoms with van der Waals surface area (Å²) in [6, 6.07) is 12.4. The zero-order valence-electron chi connectivity index (χ0n) is 17.6. The quantitative estimate of drug-likeness (QED) is 0.751. The van der Waals surface area contributed by atoms with Crippen molar-refractivity contribution in [2.75, 3.05) is 57.3 Å². The summed E-state index contributed by atoms with van der Waals surface area (Å²) in [6.45, 7) is 8.28. The lowest BCUT2D eigenvalue weighted by atomic mass is 9.96. The Morgan fingerprint density at radius 3 is 2.50 bits per heavy atom. The van der Waals surface area contributed by atoms with Crippen molar-refractivity contribution in [1.82, 2.24) is 25.1 Å².